The van der Waals surface area contributed by atoms with Crippen LogP contribution in [0.1, 0.15) is 11.1 Å². The van der Waals surface area contributed by atoms with E-state index >= 15 is 0 Å². The second kappa shape index (κ2) is 5.62. The third-order valence-electron chi connectivity index (χ3n) is 2.17. The molecule has 1 heteroatoms. The lowest BCUT2D eigenvalue weighted by Crippen LogP contribution is -1.82. The molecule has 75 valence electrons. The third kappa shape index (κ3) is 3.45. The van der Waals surface area contributed by atoms with Gasteiger partial charge in [-0.05, 0) is 17.2 Å². The second-order valence-corrected chi connectivity index (χ2v) is 4.37. The first-order valence-corrected chi connectivity index (χ1v) is 6.17. The van der Waals surface area contributed by atoms with Crippen molar-refractivity contribution in [3.63, 3.8) is 0 Å². The summed E-state index contributed by atoms with van der Waals surface area (Å²) in [7, 11) is 0. The molecule has 0 aliphatic rings. The molecule has 0 amide bonds. The first-order valence-electron chi connectivity index (χ1n) is 5.02. The van der Waals surface area contributed by atoms with Gasteiger partial charge in [0.15, 0.2) is 0 Å². The summed E-state index contributed by atoms with van der Waals surface area (Å²) in [5.74, 6) is 2.16. The zero-order valence-electron chi connectivity index (χ0n) is 8.52. The Bertz CT molecular complexity index is 341. The molecule has 2 aromatic carbocycles. The van der Waals surface area contributed by atoms with E-state index in [9.17, 15) is 0 Å². The number of hydrogen-bond acceptors (Lipinski definition) is 1. The van der Waals surface area contributed by atoms with Gasteiger partial charge < -0.3 is 0 Å². The molecule has 0 heterocycles. The minimum absolute atomic E-state index is 1.07. The van der Waals surface area contributed by atoms with Gasteiger partial charge in [-0.15, -0.1) is 0 Å². The lowest BCUT2D eigenvalue weighted by Gasteiger charge is -2.01. The highest BCUT2D eigenvalue weighted by Crippen LogP contribution is 2.16. The minimum Gasteiger partial charge on any atom is -0.152 e. The van der Waals surface area contributed by atoms with Crippen LogP contribution in [0.25, 0.3) is 0 Å². The van der Waals surface area contributed by atoms with Crippen LogP contribution >= 0.6 is 11.8 Å². The van der Waals surface area contributed by atoms with Crippen LogP contribution in [-0.4, -0.2) is 0 Å². The highest BCUT2D eigenvalue weighted by molar-refractivity contribution is 7.97. The van der Waals surface area contributed by atoms with Gasteiger partial charge in [-0.3, -0.25) is 0 Å². The van der Waals surface area contributed by atoms with Crippen LogP contribution in [0.15, 0.2) is 54.6 Å². The van der Waals surface area contributed by atoms with E-state index in [0.717, 1.165) is 11.5 Å². The molecule has 2 rings (SSSR count). The third-order valence-corrected chi connectivity index (χ3v) is 3.24. The topological polar surface area (TPSA) is 0 Å². The lowest BCUT2D eigenvalue weighted by atomic mass is 10.2. The summed E-state index contributed by atoms with van der Waals surface area (Å²) in [5.41, 5.74) is 2.76. The SMILES string of the molecule is [c]1ccc(CSCc2ccccc2)cc1. The van der Waals surface area contributed by atoms with Gasteiger partial charge in [-0.25, -0.2) is 0 Å². The van der Waals surface area contributed by atoms with Crippen LogP contribution < -0.4 is 0 Å². The van der Waals surface area contributed by atoms with Crippen molar-refractivity contribution in [3.05, 3.63) is 71.8 Å². The van der Waals surface area contributed by atoms with Gasteiger partial charge in [0.1, 0.15) is 0 Å². The van der Waals surface area contributed by atoms with Crippen molar-refractivity contribution in [2.45, 2.75) is 11.5 Å². The van der Waals surface area contributed by atoms with Crippen LogP contribution in [0.3, 0.4) is 0 Å². The molecule has 0 spiro atoms. The summed E-state index contributed by atoms with van der Waals surface area (Å²) in [6.07, 6.45) is 0. The molecule has 0 aliphatic heterocycles. The predicted molar refractivity (Wildman–Crippen MR) is 66.7 cm³/mol. The van der Waals surface area contributed by atoms with Crippen molar-refractivity contribution >= 4 is 11.8 Å². The molecule has 0 atom stereocenters. The van der Waals surface area contributed by atoms with E-state index in [0.29, 0.717) is 0 Å². The number of thioether (sulfide) groups is 1. The van der Waals surface area contributed by atoms with Crippen molar-refractivity contribution < 1.29 is 0 Å². The fourth-order valence-corrected chi connectivity index (χ4v) is 2.34. The van der Waals surface area contributed by atoms with Gasteiger partial charge in [0.2, 0.25) is 0 Å². The van der Waals surface area contributed by atoms with Crippen molar-refractivity contribution in [2.24, 2.45) is 0 Å². The highest BCUT2D eigenvalue weighted by atomic mass is 32.2. The summed E-state index contributed by atoms with van der Waals surface area (Å²) >= 11 is 1.95. The monoisotopic (exact) mass is 213 g/mol. The van der Waals surface area contributed by atoms with E-state index in [1.807, 2.05) is 23.9 Å². The van der Waals surface area contributed by atoms with Gasteiger partial charge in [0.05, 0.1) is 0 Å². The zero-order chi connectivity index (χ0) is 10.3. The molecule has 0 saturated carbocycles. The fourth-order valence-electron chi connectivity index (χ4n) is 1.38. The summed E-state index contributed by atoms with van der Waals surface area (Å²) in [5, 5.41) is 0. The molecule has 0 fully saturated rings. The van der Waals surface area contributed by atoms with Gasteiger partial charge in [-0.1, -0.05) is 54.6 Å². The van der Waals surface area contributed by atoms with Crippen LogP contribution in [-0.2, 0) is 11.5 Å². The van der Waals surface area contributed by atoms with Gasteiger partial charge in [0.25, 0.3) is 0 Å². The molecule has 0 aromatic heterocycles. The summed E-state index contributed by atoms with van der Waals surface area (Å²) in [6.45, 7) is 0. The number of rotatable bonds is 4. The Labute approximate surface area is 95.3 Å². The largest absolute Gasteiger partial charge is 0.152 e. The van der Waals surface area contributed by atoms with E-state index in [2.05, 4.69) is 48.5 Å². The first kappa shape index (κ1) is 10.3. The Hall–Kier alpha value is -1.21. The maximum absolute atomic E-state index is 3.03. The van der Waals surface area contributed by atoms with E-state index in [-0.39, 0.29) is 0 Å². The summed E-state index contributed by atoms with van der Waals surface area (Å²) < 4.78 is 0. The molecular formula is C14H13S. The van der Waals surface area contributed by atoms with Crippen LogP contribution in [0.5, 0.6) is 0 Å². The van der Waals surface area contributed by atoms with Crippen LogP contribution in [0.2, 0.25) is 0 Å². The first-order chi connectivity index (χ1) is 7.45. The predicted octanol–water partition coefficient (Wildman–Crippen LogP) is 3.92. The maximum Gasteiger partial charge on any atom is 0.0187 e. The molecule has 0 bridgehead atoms. The van der Waals surface area contributed by atoms with E-state index < -0.39 is 0 Å². The zero-order valence-corrected chi connectivity index (χ0v) is 9.34. The van der Waals surface area contributed by atoms with Gasteiger partial charge >= 0.3 is 0 Å². The Kier molecular flexibility index (Phi) is 3.86. The minimum atomic E-state index is 1.07. The molecule has 0 unspecified atom stereocenters. The smallest absolute Gasteiger partial charge is 0.0187 e. The standard InChI is InChI=1S/C14H13S/c1-3-7-13(8-4-1)11-15-12-14-9-5-2-6-10-14/h1,3-10H,11-12H2. The van der Waals surface area contributed by atoms with E-state index in [4.69, 9.17) is 0 Å². The summed E-state index contributed by atoms with van der Waals surface area (Å²) in [6, 6.07) is 21.8. The van der Waals surface area contributed by atoms with Crippen molar-refractivity contribution in [3.8, 4) is 0 Å². The van der Waals surface area contributed by atoms with Gasteiger partial charge in [-0.2, -0.15) is 11.8 Å². The average molecular weight is 213 g/mol. The molecule has 0 N–H and O–H groups in total. The van der Waals surface area contributed by atoms with Crippen molar-refractivity contribution in [1.29, 1.82) is 0 Å². The number of benzene rings is 2. The second-order valence-electron chi connectivity index (χ2n) is 3.39. The molecule has 0 nitrogen and oxygen atoms in total. The molecule has 0 aliphatic carbocycles. The van der Waals surface area contributed by atoms with Crippen molar-refractivity contribution in [2.75, 3.05) is 0 Å². The fraction of sp³-hybridized carbons (Fsp3) is 0.143. The highest BCUT2D eigenvalue weighted by Gasteiger charge is 1.93. The molecule has 0 saturated heterocycles. The molecular weight excluding hydrogens is 200 g/mol. The molecule has 2 aromatic rings. The van der Waals surface area contributed by atoms with E-state index in [1.54, 1.807) is 0 Å². The Morgan fingerprint density at radius 2 is 1.40 bits per heavy atom. The summed E-state index contributed by atoms with van der Waals surface area (Å²) in [4.78, 5) is 0. The maximum atomic E-state index is 3.03. The van der Waals surface area contributed by atoms with Crippen molar-refractivity contribution in [1.82, 2.24) is 0 Å². The molecule has 15 heavy (non-hydrogen) atoms. The van der Waals surface area contributed by atoms with Crippen LogP contribution in [0.4, 0.5) is 0 Å². The van der Waals surface area contributed by atoms with Crippen LogP contribution in [0, 0.1) is 6.07 Å². The van der Waals surface area contributed by atoms with E-state index in [1.165, 1.54) is 11.1 Å². The van der Waals surface area contributed by atoms with Gasteiger partial charge in [0, 0.05) is 11.5 Å². The normalized spacial score (nSPS) is 10.1. The number of hydrogen-bond donors (Lipinski definition) is 0. The Morgan fingerprint density at radius 3 is 2.07 bits per heavy atom. The quantitative estimate of drug-likeness (QED) is 0.741. The Morgan fingerprint density at radius 1 is 0.800 bits per heavy atom. The lowest BCUT2D eigenvalue weighted by molar-refractivity contribution is 1.36. The Balaban J connectivity index is 1.81. The average Bonchev–Trinajstić information content (AvgIpc) is 2.32. The molecule has 1 radical (unpaired) electrons.